The standard InChI is InChI=1S/C25H28N4O.ClH/c1-16(2)15-30-23-6-4-5-17(3)24(23)29-25(20-14-26-11-10-22(20)28-29)19-7-8-21-18(13-19)9-12-27-21;/h4-9,12-13,16,26-27H,10-11,14-15H2,1-3H3;1H. The zero-order chi connectivity index (χ0) is 20.7. The van der Waals surface area contributed by atoms with E-state index in [-0.39, 0.29) is 12.4 Å². The summed E-state index contributed by atoms with van der Waals surface area (Å²) in [5.41, 5.74) is 8.14. The molecule has 1 aliphatic rings. The van der Waals surface area contributed by atoms with Crippen LogP contribution in [0.15, 0.2) is 48.7 Å². The third-order valence-corrected chi connectivity index (χ3v) is 5.72. The topological polar surface area (TPSA) is 54.9 Å². The predicted octanol–water partition coefficient (Wildman–Crippen LogP) is 5.43. The number of halogens is 1. The SMILES string of the molecule is Cc1cccc(OCC(C)C)c1-n1nc2c(c1-c1ccc3[nH]ccc3c1)CNCC2.Cl. The molecule has 0 fully saturated rings. The number of rotatable bonds is 5. The molecule has 0 bridgehead atoms. The molecule has 162 valence electrons. The summed E-state index contributed by atoms with van der Waals surface area (Å²) >= 11 is 0. The fourth-order valence-corrected chi connectivity index (χ4v) is 4.24. The minimum Gasteiger partial charge on any atom is -0.491 e. The van der Waals surface area contributed by atoms with Crippen molar-refractivity contribution in [2.24, 2.45) is 5.92 Å². The monoisotopic (exact) mass is 436 g/mol. The van der Waals surface area contributed by atoms with E-state index >= 15 is 0 Å². The molecule has 0 radical (unpaired) electrons. The van der Waals surface area contributed by atoms with Crippen LogP contribution in [-0.2, 0) is 13.0 Å². The lowest BCUT2D eigenvalue weighted by Crippen LogP contribution is -2.23. The summed E-state index contributed by atoms with van der Waals surface area (Å²) in [6.45, 7) is 8.96. The van der Waals surface area contributed by atoms with E-state index in [2.05, 4.69) is 78.2 Å². The van der Waals surface area contributed by atoms with Crippen molar-refractivity contribution < 1.29 is 4.74 Å². The molecule has 5 nitrogen and oxygen atoms in total. The molecule has 4 aromatic rings. The number of hydrogen-bond acceptors (Lipinski definition) is 3. The Morgan fingerprint density at radius 2 is 2.03 bits per heavy atom. The quantitative estimate of drug-likeness (QED) is 0.438. The Labute approximate surface area is 189 Å². The lowest BCUT2D eigenvalue weighted by molar-refractivity contribution is 0.270. The van der Waals surface area contributed by atoms with Crippen LogP contribution >= 0.6 is 12.4 Å². The van der Waals surface area contributed by atoms with Gasteiger partial charge in [0.1, 0.15) is 11.4 Å². The zero-order valence-electron chi connectivity index (χ0n) is 18.2. The molecule has 0 amide bonds. The second kappa shape index (κ2) is 8.77. The minimum atomic E-state index is 0. The van der Waals surface area contributed by atoms with Gasteiger partial charge in [0.15, 0.2) is 0 Å². The first-order valence-electron chi connectivity index (χ1n) is 10.7. The average Bonchev–Trinajstić information content (AvgIpc) is 3.35. The van der Waals surface area contributed by atoms with E-state index in [9.17, 15) is 0 Å². The molecule has 0 atom stereocenters. The Morgan fingerprint density at radius 3 is 2.87 bits per heavy atom. The van der Waals surface area contributed by atoms with Crippen LogP contribution in [-0.4, -0.2) is 27.9 Å². The molecule has 2 aromatic heterocycles. The summed E-state index contributed by atoms with van der Waals surface area (Å²) in [5, 5.41) is 9.84. The molecular weight excluding hydrogens is 408 g/mol. The van der Waals surface area contributed by atoms with E-state index in [1.165, 1.54) is 22.2 Å². The van der Waals surface area contributed by atoms with Gasteiger partial charge in [-0.1, -0.05) is 32.0 Å². The van der Waals surface area contributed by atoms with Gasteiger partial charge in [-0.3, -0.25) is 0 Å². The van der Waals surface area contributed by atoms with Gasteiger partial charge < -0.3 is 15.0 Å². The van der Waals surface area contributed by atoms with Crippen LogP contribution in [0.25, 0.3) is 27.8 Å². The van der Waals surface area contributed by atoms with Gasteiger partial charge in [-0.05, 0) is 42.7 Å². The van der Waals surface area contributed by atoms with Gasteiger partial charge in [0.2, 0.25) is 0 Å². The lowest BCUT2D eigenvalue weighted by atomic mass is 10.0. The third-order valence-electron chi connectivity index (χ3n) is 5.72. The van der Waals surface area contributed by atoms with Crippen molar-refractivity contribution in [1.82, 2.24) is 20.1 Å². The Balaban J connectivity index is 0.00000231. The molecular formula is C25H29ClN4O. The molecule has 31 heavy (non-hydrogen) atoms. The largest absolute Gasteiger partial charge is 0.491 e. The number of nitrogens with one attached hydrogen (secondary N) is 2. The second-order valence-electron chi connectivity index (χ2n) is 8.52. The van der Waals surface area contributed by atoms with Gasteiger partial charge in [0.05, 0.1) is 18.0 Å². The highest BCUT2D eigenvalue weighted by molar-refractivity contribution is 5.86. The number of para-hydroxylation sites is 1. The van der Waals surface area contributed by atoms with E-state index in [4.69, 9.17) is 9.84 Å². The second-order valence-corrected chi connectivity index (χ2v) is 8.52. The maximum atomic E-state index is 6.23. The van der Waals surface area contributed by atoms with E-state index < -0.39 is 0 Å². The minimum absolute atomic E-state index is 0. The maximum Gasteiger partial charge on any atom is 0.145 e. The summed E-state index contributed by atoms with van der Waals surface area (Å²) in [6.07, 6.45) is 2.93. The van der Waals surface area contributed by atoms with Gasteiger partial charge in [-0.25, -0.2) is 4.68 Å². The number of aryl methyl sites for hydroxylation is 1. The number of hydrogen-bond donors (Lipinski definition) is 2. The fraction of sp³-hybridized carbons (Fsp3) is 0.320. The number of nitrogens with zero attached hydrogens (tertiary/aromatic N) is 2. The van der Waals surface area contributed by atoms with Gasteiger partial charge in [-0.2, -0.15) is 5.10 Å². The normalized spacial score (nSPS) is 13.3. The van der Waals surface area contributed by atoms with E-state index in [0.29, 0.717) is 12.5 Å². The van der Waals surface area contributed by atoms with Crippen LogP contribution in [0.4, 0.5) is 0 Å². The van der Waals surface area contributed by atoms with E-state index in [1.807, 2.05) is 6.20 Å². The van der Waals surface area contributed by atoms with Crippen LogP contribution in [0.2, 0.25) is 0 Å². The van der Waals surface area contributed by atoms with Crippen molar-refractivity contribution in [2.45, 2.75) is 33.7 Å². The van der Waals surface area contributed by atoms with Crippen LogP contribution in [0.5, 0.6) is 5.75 Å². The molecule has 6 heteroatoms. The van der Waals surface area contributed by atoms with E-state index in [1.54, 1.807) is 0 Å². The third kappa shape index (κ3) is 3.95. The Hall–Kier alpha value is -2.76. The molecule has 0 saturated heterocycles. The first-order chi connectivity index (χ1) is 14.6. The van der Waals surface area contributed by atoms with Crippen LogP contribution in [0, 0.1) is 12.8 Å². The Morgan fingerprint density at radius 1 is 1.16 bits per heavy atom. The highest BCUT2D eigenvalue weighted by atomic mass is 35.5. The predicted molar refractivity (Wildman–Crippen MR) is 129 cm³/mol. The Kier molecular flexibility index (Phi) is 6.08. The van der Waals surface area contributed by atoms with Crippen molar-refractivity contribution in [3.05, 3.63) is 65.5 Å². The lowest BCUT2D eigenvalue weighted by Gasteiger charge is -2.18. The molecule has 0 aliphatic carbocycles. The van der Waals surface area contributed by atoms with Gasteiger partial charge in [-0.15, -0.1) is 12.4 Å². The van der Waals surface area contributed by atoms with Gasteiger partial charge >= 0.3 is 0 Å². The summed E-state index contributed by atoms with van der Waals surface area (Å²) in [6, 6.07) is 15.0. The smallest absolute Gasteiger partial charge is 0.145 e. The van der Waals surface area contributed by atoms with Crippen LogP contribution in [0.1, 0.15) is 30.7 Å². The fourth-order valence-electron chi connectivity index (χ4n) is 4.24. The highest BCUT2D eigenvalue weighted by Gasteiger charge is 2.25. The number of ether oxygens (including phenoxy) is 1. The van der Waals surface area contributed by atoms with Gasteiger partial charge in [0, 0.05) is 47.7 Å². The van der Waals surface area contributed by atoms with E-state index in [0.717, 1.165) is 47.7 Å². The molecule has 0 saturated carbocycles. The van der Waals surface area contributed by atoms with Crippen molar-refractivity contribution in [3.63, 3.8) is 0 Å². The number of aromatic nitrogens is 3. The molecule has 3 heterocycles. The number of fused-ring (bicyclic) bond motifs is 2. The van der Waals surface area contributed by atoms with Crippen molar-refractivity contribution in [2.75, 3.05) is 13.2 Å². The maximum absolute atomic E-state index is 6.23. The summed E-state index contributed by atoms with van der Waals surface area (Å²) in [4.78, 5) is 3.29. The molecule has 5 rings (SSSR count). The highest BCUT2D eigenvalue weighted by Crippen LogP contribution is 2.36. The average molecular weight is 437 g/mol. The van der Waals surface area contributed by atoms with Crippen LogP contribution in [0.3, 0.4) is 0 Å². The number of aromatic amines is 1. The van der Waals surface area contributed by atoms with Crippen molar-refractivity contribution >= 4 is 23.3 Å². The van der Waals surface area contributed by atoms with Gasteiger partial charge in [0.25, 0.3) is 0 Å². The molecule has 0 spiro atoms. The van der Waals surface area contributed by atoms with Crippen LogP contribution < -0.4 is 10.1 Å². The summed E-state index contributed by atoms with van der Waals surface area (Å²) in [7, 11) is 0. The molecule has 0 unspecified atom stereocenters. The summed E-state index contributed by atoms with van der Waals surface area (Å²) in [5.74, 6) is 1.35. The number of H-pyrrole nitrogens is 1. The molecule has 2 aromatic carbocycles. The molecule has 1 aliphatic heterocycles. The van der Waals surface area contributed by atoms with Crippen molar-refractivity contribution in [1.29, 1.82) is 0 Å². The zero-order valence-corrected chi connectivity index (χ0v) is 19.1. The Bertz CT molecular complexity index is 1210. The first kappa shape index (κ1) is 21.5. The van der Waals surface area contributed by atoms with Crippen molar-refractivity contribution in [3.8, 4) is 22.7 Å². The molecule has 2 N–H and O–H groups in total. The summed E-state index contributed by atoms with van der Waals surface area (Å²) < 4.78 is 8.35. The first-order valence-corrected chi connectivity index (χ1v) is 10.7. The number of benzene rings is 2.